The average molecular weight is 337 g/mol. The zero-order valence-electron chi connectivity index (χ0n) is 14.2. The molecule has 0 aromatic heterocycles. The van der Waals surface area contributed by atoms with Gasteiger partial charge in [0.2, 0.25) is 5.91 Å². The SMILES string of the molecule is C[C@@H]1CN(C(=O)NCC(C)(C)c2cccc(F)c2)C[C@@H](C(N)=O)O1. The van der Waals surface area contributed by atoms with Gasteiger partial charge in [-0.25, -0.2) is 9.18 Å². The molecule has 6 nitrogen and oxygen atoms in total. The van der Waals surface area contributed by atoms with E-state index in [-0.39, 0.29) is 24.5 Å². The summed E-state index contributed by atoms with van der Waals surface area (Å²) in [6.07, 6.45) is -1.06. The minimum absolute atomic E-state index is 0.131. The molecule has 0 unspecified atom stereocenters. The third kappa shape index (κ3) is 4.44. The summed E-state index contributed by atoms with van der Waals surface area (Å²) in [5, 5.41) is 2.85. The highest BCUT2D eigenvalue weighted by Crippen LogP contribution is 2.23. The number of benzene rings is 1. The number of primary amides is 1. The summed E-state index contributed by atoms with van der Waals surface area (Å²) < 4.78 is 18.8. The van der Waals surface area contributed by atoms with Crippen molar-refractivity contribution in [2.75, 3.05) is 19.6 Å². The van der Waals surface area contributed by atoms with Gasteiger partial charge in [-0.1, -0.05) is 26.0 Å². The highest BCUT2D eigenvalue weighted by atomic mass is 19.1. The van der Waals surface area contributed by atoms with E-state index in [4.69, 9.17) is 10.5 Å². The van der Waals surface area contributed by atoms with Crippen LogP contribution in [0.3, 0.4) is 0 Å². The Kier molecular flexibility index (Phi) is 5.43. The lowest BCUT2D eigenvalue weighted by Gasteiger charge is -2.36. The maximum Gasteiger partial charge on any atom is 0.317 e. The smallest absolute Gasteiger partial charge is 0.317 e. The fraction of sp³-hybridized carbons (Fsp3) is 0.529. The fourth-order valence-electron chi connectivity index (χ4n) is 2.69. The molecular weight excluding hydrogens is 313 g/mol. The van der Waals surface area contributed by atoms with E-state index in [1.165, 1.54) is 17.0 Å². The Bertz CT molecular complexity index is 621. The Morgan fingerprint density at radius 1 is 1.42 bits per heavy atom. The van der Waals surface area contributed by atoms with Crippen molar-refractivity contribution in [3.05, 3.63) is 35.6 Å². The van der Waals surface area contributed by atoms with E-state index in [1.54, 1.807) is 13.0 Å². The molecule has 1 fully saturated rings. The molecule has 24 heavy (non-hydrogen) atoms. The fourth-order valence-corrected chi connectivity index (χ4v) is 2.69. The van der Waals surface area contributed by atoms with Crippen LogP contribution in [0, 0.1) is 5.82 Å². The first-order valence-corrected chi connectivity index (χ1v) is 7.92. The topological polar surface area (TPSA) is 84.7 Å². The summed E-state index contributed by atoms with van der Waals surface area (Å²) >= 11 is 0. The number of carbonyl (C=O) groups excluding carboxylic acids is 2. The van der Waals surface area contributed by atoms with Crippen LogP contribution in [0.25, 0.3) is 0 Å². The molecule has 3 N–H and O–H groups in total. The van der Waals surface area contributed by atoms with E-state index in [0.29, 0.717) is 13.1 Å². The standard InChI is InChI=1S/C17H24FN3O3/c1-11-8-21(9-14(24-11)15(19)22)16(23)20-10-17(2,3)12-5-4-6-13(18)7-12/h4-7,11,14H,8-10H2,1-3H3,(H2,19,22)(H,20,23)/t11-,14+/m1/s1. The number of rotatable bonds is 4. The Balaban J connectivity index is 1.98. The second-order valence-electron chi connectivity index (χ2n) is 6.80. The third-order valence-electron chi connectivity index (χ3n) is 4.15. The number of urea groups is 1. The van der Waals surface area contributed by atoms with Crippen molar-refractivity contribution in [1.29, 1.82) is 0 Å². The summed E-state index contributed by atoms with van der Waals surface area (Å²) in [6, 6.07) is 6.04. The van der Waals surface area contributed by atoms with Gasteiger partial charge in [0.15, 0.2) is 6.10 Å². The van der Waals surface area contributed by atoms with Gasteiger partial charge in [-0.05, 0) is 24.6 Å². The number of nitrogens with zero attached hydrogens (tertiary/aromatic N) is 1. The second kappa shape index (κ2) is 7.17. The van der Waals surface area contributed by atoms with Crippen molar-refractivity contribution >= 4 is 11.9 Å². The van der Waals surface area contributed by atoms with Crippen LogP contribution in [0.15, 0.2) is 24.3 Å². The molecule has 1 aromatic carbocycles. The van der Waals surface area contributed by atoms with Gasteiger partial charge in [-0.15, -0.1) is 0 Å². The first kappa shape index (κ1) is 18.2. The molecular formula is C17H24FN3O3. The summed E-state index contributed by atoms with van der Waals surface area (Å²) in [5.74, 6) is -0.891. The van der Waals surface area contributed by atoms with Gasteiger partial charge in [-0.3, -0.25) is 4.79 Å². The summed E-state index contributed by atoms with van der Waals surface area (Å²) in [7, 11) is 0. The number of ether oxygens (including phenoxy) is 1. The van der Waals surface area contributed by atoms with Gasteiger partial charge in [0.05, 0.1) is 12.6 Å². The first-order valence-electron chi connectivity index (χ1n) is 7.92. The first-order chi connectivity index (χ1) is 11.2. The number of amides is 3. The normalized spacial score (nSPS) is 21.4. The monoisotopic (exact) mass is 337 g/mol. The number of morpholine rings is 1. The van der Waals surface area contributed by atoms with Crippen LogP contribution >= 0.6 is 0 Å². The predicted octanol–water partition coefficient (Wildman–Crippen LogP) is 1.39. The number of halogens is 1. The van der Waals surface area contributed by atoms with Crippen LogP contribution in [0.2, 0.25) is 0 Å². The van der Waals surface area contributed by atoms with Crippen molar-refractivity contribution in [2.24, 2.45) is 5.73 Å². The largest absolute Gasteiger partial charge is 0.367 e. The van der Waals surface area contributed by atoms with E-state index < -0.39 is 17.4 Å². The van der Waals surface area contributed by atoms with E-state index in [2.05, 4.69) is 5.32 Å². The predicted molar refractivity (Wildman–Crippen MR) is 87.9 cm³/mol. The lowest BCUT2D eigenvalue weighted by atomic mass is 9.84. The quantitative estimate of drug-likeness (QED) is 0.871. The van der Waals surface area contributed by atoms with Crippen LogP contribution in [0.4, 0.5) is 9.18 Å². The molecule has 0 bridgehead atoms. The van der Waals surface area contributed by atoms with Gasteiger partial charge < -0.3 is 20.7 Å². The molecule has 1 saturated heterocycles. The van der Waals surface area contributed by atoms with Crippen LogP contribution in [-0.2, 0) is 14.9 Å². The molecule has 3 amide bonds. The van der Waals surface area contributed by atoms with Gasteiger partial charge >= 0.3 is 6.03 Å². The summed E-state index contributed by atoms with van der Waals surface area (Å²) in [5.41, 5.74) is 5.63. The Labute approximate surface area is 141 Å². The third-order valence-corrected chi connectivity index (χ3v) is 4.15. The Hall–Kier alpha value is -2.15. The molecule has 0 aliphatic carbocycles. The Morgan fingerprint density at radius 2 is 2.12 bits per heavy atom. The van der Waals surface area contributed by atoms with E-state index in [9.17, 15) is 14.0 Å². The minimum Gasteiger partial charge on any atom is -0.367 e. The maximum atomic E-state index is 13.4. The molecule has 2 atom stereocenters. The lowest BCUT2D eigenvalue weighted by Crippen LogP contribution is -2.56. The molecule has 1 aromatic rings. The van der Waals surface area contributed by atoms with Crippen molar-refractivity contribution in [3.8, 4) is 0 Å². The summed E-state index contributed by atoms with van der Waals surface area (Å²) in [6.45, 7) is 6.49. The second-order valence-corrected chi connectivity index (χ2v) is 6.80. The number of hydrogen-bond acceptors (Lipinski definition) is 3. The molecule has 2 rings (SSSR count). The molecule has 7 heteroatoms. The van der Waals surface area contributed by atoms with Crippen molar-refractivity contribution < 1.29 is 18.7 Å². The number of nitrogens with one attached hydrogen (secondary N) is 1. The van der Waals surface area contributed by atoms with Gasteiger partial charge in [0.25, 0.3) is 0 Å². The van der Waals surface area contributed by atoms with Gasteiger partial charge in [-0.2, -0.15) is 0 Å². The minimum atomic E-state index is -0.796. The molecule has 1 aliphatic rings. The van der Waals surface area contributed by atoms with E-state index >= 15 is 0 Å². The van der Waals surface area contributed by atoms with E-state index in [1.807, 2.05) is 19.9 Å². The number of hydrogen-bond donors (Lipinski definition) is 2. The Morgan fingerprint density at radius 3 is 2.75 bits per heavy atom. The zero-order valence-corrected chi connectivity index (χ0v) is 14.2. The van der Waals surface area contributed by atoms with E-state index in [0.717, 1.165) is 5.56 Å². The number of nitrogens with two attached hydrogens (primary N) is 1. The summed E-state index contributed by atoms with van der Waals surface area (Å²) in [4.78, 5) is 25.2. The van der Waals surface area contributed by atoms with Crippen LogP contribution < -0.4 is 11.1 Å². The lowest BCUT2D eigenvalue weighted by molar-refractivity contribution is -0.139. The molecule has 132 valence electrons. The molecule has 1 heterocycles. The van der Waals surface area contributed by atoms with Crippen LogP contribution in [-0.4, -0.2) is 48.7 Å². The molecule has 0 radical (unpaired) electrons. The van der Waals surface area contributed by atoms with Crippen LogP contribution in [0.1, 0.15) is 26.3 Å². The highest BCUT2D eigenvalue weighted by molar-refractivity contribution is 5.81. The zero-order chi connectivity index (χ0) is 17.9. The molecule has 0 spiro atoms. The van der Waals surface area contributed by atoms with Crippen molar-refractivity contribution in [3.63, 3.8) is 0 Å². The van der Waals surface area contributed by atoms with Gasteiger partial charge in [0, 0.05) is 18.5 Å². The molecule has 0 saturated carbocycles. The van der Waals surface area contributed by atoms with Crippen molar-refractivity contribution in [2.45, 2.75) is 38.4 Å². The van der Waals surface area contributed by atoms with Crippen LogP contribution in [0.5, 0.6) is 0 Å². The van der Waals surface area contributed by atoms with Crippen molar-refractivity contribution in [1.82, 2.24) is 10.2 Å². The maximum absolute atomic E-state index is 13.4. The molecule has 1 aliphatic heterocycles. The highest BCUT2D eigenvalue weighted by Gasteiger charge is 2.32. The average Bonchev–Trinajstić information content (AvgIpc) is 2.52. The number of carbonyl (C=O) groups is 2. The van der Waals surface area contributed by atoms with Gasteiger partial charge in [0.1, 0.15) is 5.82 Å².